The van der Waals surface area contributed by atoms with E-state index >= 15 is 0 Å². The lowest BCUT2D eigenvalue weighted by Gasteiger charge is -2.35. The van der Waals surface area contributed by atoms with Crippen molar-refractivity contribution in [3.63, 3.8) is 0 Å². The first-order valence-corrected chi connectivity index (χ1v) is 5.06. The van der Waals surface area contributed by atoms with E-state index in [0.717, 1.165) is 32.9 Å². The predicted molar refractivity (Wildman–Crippen MR) is 52.9 cm³/mol. The average Bonchev–Trinajstić information content (AvgIpc) is 2.18. The second-order valence-electron chi connectivity index (χ2n) is 3.82. The molecule has 1 saturated heterocycles. The average molecular weight is 187 g/mol. The zero-order valence-electron chi connectivity index (χ0n) is 8.95. The molecule has 1 aliphatic rings. The molecule has 0 saturated carbocycles. The normalized spacial score (nSPS) is 24.2. The molecule has 1 heterocycles. The second kappa shape index (κ2) is 5.58. The van der Waals surface area contributed by atoms with Crippen LogP contribution in [0.25, 0.3) is 0 Å². The van der Waals surface area contributed by atoms with Gasteiger partial charge >= 0.3 is 0 Å². The van der Waals surface area contributed by atoms with Crippen LogP contribution in [0.3, 0.4) is 0 Å². The van der Waals surface area contributed by atoms with Crippen LogP contribution in [-0.2, 0) is 9.47 Å². The molecule has 1 fully saturated rings. The van der Waals surface area contributed by atoms with Gasteiger partial charge in [-0.25, -0.2) is 0 Å². The summed E-state index contributed by atoms with van der Waals surface area (Å²) in [5.41, 5.74) is 0. The number of hydrogen-bond donors (Lipinski definition) is 0. The Hall–Kier alpha value is -0.120. The third kappa shape index (κ3) is 3.25. The number of rotatable bonds is 4. The lowest BCUT2D eigenvalue weighted by Crippen LogP contribution is -2.45. The highest BCUT2D eigenvalue weighted by Crippen LogP contribution is 2.12. The highest BCUT2D eigenvalue weighted by atomic mass is 16.5. The first-order chi connectivity index (χ1) is 6.25. The van der Waals surface area contributed by atoms with E-state index in [0.29, 0.717) is 12.0 Å². The number of ether oxygens (including phenoxy) is 2. The molecule has 0 aliphatic carbocycles. The van der Waals surface area contributed by atoms with Crippen LogP contribution >= 0.6 is 0 Å². The molecule has 2 unspecified atom stereocenters. The number of morpholine rings is 1. The third-order valence-electron chi connectivity index (χ3n) is 2.87. The molecule has 0 radical (unpaired) electrons. The van der Waals surface area contributed by atoms with Gasteiger partial charge in [-0.2, -0.15) is 0 Å². The molecule has 3 heteroatoms. The molecule has 13 heavy (non-hydrogen) atoms. The third-order valence-corrected chi connectivity index (χ3v) is 2.87. The molecule has 1 rings (SSSR count). The van der Waals surface area contributed by atoms with Crippen molar-refractivity contribution < 1.29 is 9.47 Å². The quantitative estimate of drug-likeness (QED) is 0.655. The summed E-state index contributed by atoms with van der Waals surface area (Å²) in [5, 5.41) is 0. The predicted octanol–water partition coefficient (Wildman–Crippen LogP) is 0.990. The maximum absolute atomic E-state index is 5.32. The molecule has 3 nitrogen and oxygen atoms in total. The Kier molecular flexibility index (Phi) is 4.70. The van der Waals surface area contributed by atoms with Crippen LogP contribution in [0.4, 0.5) is 0 Å². The summed E-state index contributed by atoms with van der Waals surface area (Å²) in [6, 6.07) is 0.601. The largest absolute Gasteiger partial charge is 0.384 e. The lowest BCUT2D eigenvalue weighted by molar-refractivity contribution is -0.000882. The Balaban J connectivity index is 2.31. The summed E-state index contributed by atoms with van der Waals surface area (Å²) in [5.74, 6) is 0.600. The topological polar surface area (TPSA) is 21.7 Å². The minimum Gasteiger partial charge on any atom is -0.384 e. The molecule has 0 spiro atoms. The van der Waals surface area contributed by atoms with Crippen LogP contribution in [0.1, 0.15) is 13.8 Å². The van der Waals surface area contributed by atoms with Crippen molar-refractivity contribution in [2.24, 2.45) is 5.92 Å². The van der Waals surface area contributed by atoms with Crippen molar-refractivity contribution in [1.82, 2.24) is 4.90 Å². The van der Waals surface area contributed by atoms with Gasteiger partial charge < -0.3 is 9.47 Å². The fraction of sp³-hybridized carbons (Fsp3) is 1.00. The van der Waals surface area contributed by atoms with Crippen LogP contribution < -0.4 is 0 Å². The van der Waals surface area contributed by atoms with Crippen molar-refractivity contribution in [3.05, 3.63) is 0 Å². The Bertz CT molecular complexity index is 135. The molecule has 78 valence electrons. The van der Waals surface area contributed by atoms with E-state index in [1.165, 1.54) is 0 Å². The Labute approximate surface area is 81.0 Å². The molecular weight excluding hydrogens is 166 g/mol. The Morgan fingerprint density at radius 2 is 1.92 bits per heavy atom. The number of hydrogen-bond acceptors (Lipinski definition) is 3. The van der Waals surface area contributed by atoms with Crippen molar-refractivity contribution >= 4 is 0 Å². The number of methoxy groups -OCH3 is 1. The zero-order chi connectivity index (χ0) is 9.68. The van der Waals surface area contributed by atoms with E-state index in [-0.39, 0.29) is 0 Å². The summed E-state index contributed by atoms with van der Waals surface area (Å²) in [7, 11) is 1.77. The maximum atomic E-state index is 5.32. The van der Waals surface area contributed by atoms with E-state index in [1.807, 2.05) is 0 Å². The summed E-state index contributed by atoms with van der Waals surface area (Å²) >= 11 is 0. The highest BCUT2D eigenvalue weighted by molar-refractivity contribution is 4.74. The molecule has 0 N–H and O–H groups in total. The monoisotopic (exact) mass is 187 g/mol. The van der Waals surface area contributed by atoms with Gasteiger partial charge in [-0.15, -0.1) is 0 Å². The van der Waals surface area contributed by atoms with Gasteiger partial charge in [-0.1, -0.05) is 6.92 Å². The van der Waals surface area contributed by atoms with Crippen molar-refractivity contribution in [2.45, 2.75) is 19.9 Å². The van der Waals surface area contributed by atoms with E-state index < -0.39 is 0 Å². The Morgan fingerprint density at radius 3 is 2.46 bits per heavy atom. The van der Waals surface area contributed by atoms with Gasteiger partial charge in [0.1, 0.15) is 0 Å². The molecule has 0 bridgehead atoms. The smallest absolute Gasteiger partial charge is 0.0594 e. The van der Waals surface area contributed by atoms with E-state index in [2.05, 4.69) is 18.7 Å². The first-order valence-electron chi connectivity index (χ1n) is 5.06. The summed E-state index contributed by atoms with van der Waals surface area (Å²) in [6.45, 7) is 9.25. The minimum absolute atomic E-state index is 0.600. The van der Waals surface area contributed by atoms with Gasteiger partial charge in [0.25, 0.3) is 0 Å². The van der Waals surface area contributed by atoms with Crippen LogP contribution in [0, 0.1) is 5.92 Å². The summed E-state index contributed by atoms with van der Waals surface area (Å²) in [6.07, 6.45) is 0. The van der Waals surface area contributed by atoms with E-state index in [9.17, 15) is 0 Å². The van der Waals surface area contributed by atoms with E-state index in [4.69, 9.17) is 9.47 Å². The fourth-order valence-electron chi connectivity index (χ4n) is 1.75. The van der Waals surface area contributed by atoms with Crippen LogP contribution in [-0.4, -0.2) is 51.0 Å². The van der Waals surface area contributed by atoms with Crippen molar-refractivity contribution in [1.29, 1.82) is 0 Å². The minimum atomic E-state index is 0.600. The summed E-state index contributed by atoms with van der Waals surface area (Å²) < 4.78 is 10.5. The van der Waals surface area contributed by atoms with Crippen molar-refractivity contribution in [3.8, 4) is 0 Å². The van der Waals surface area contributed by atoms with Crippen LogP contribution in [0.2, 0.25) is 0 Å². The lowest BCUT2D eigenvalue weighted by atomic mass is 10.0. The zero-order valence-corrected chi connectivity index (χ0v) is 8.95. The van der Waals surface area contributed by atoms with Gasteiger partial charge in [0.05, 0.1) is 19.8 Å². The van der Waals surface area contributed by atoms with Gasteiger partial charge in [0.15, 0.2) is 0 Å². The van der Waals surface area contributed by atoms with Gasteiger partial charge in [-0.05, 0) is 12.8 Å². The first kappa shape index (κ1) is 11.0. The maximum Gasteiger partial charge on any atom is 0.0594 e. The van der Waals surface area contributed by atoms with Crippen LogP contribution in [0.15, 0.2) is 0 Å². The molecule has 0 aromatic heterocycles. The van der Waals surface area contributed by atoms with Gasteiger partial charge in [0.2, 0.25) is 0 Å². The highest BCUT2D eigenvalue weighted by Gasteiger charge is 2.21. The standard InChI is InChI=1S/C10H21NO2/c1-9(8-12-3)10(2)11-4-6-13-7-5-11/h9-10H,4-8H2,1-3H3. The van der Waals surface area contributed by atoms with Gasteiger partial charge in [-0.3, -0.25) is 4.90 Å². The molecule has 0 amide bonds. The van der Waals surface area contributed by atoms with Gasteiger partial charge in [0, 0.05) is 26.2 Å². The molecule has 1 aliphatic heterocycles. The molecule has 2 atom stereocenters. The fourth-order valence-corrected chi connectivity index (χ4v) is 1.75. The molecule has 0 aromatic carbocycles. The molecular formula is C10H21NO2. The van der Waals surface area contributed by atoms with Crippen LogP contribution in [0.5, 0.6) is 0 Å². The second-order valence-corrected chi connectivity index (χ2v) is 3.82. The number of nitrogens with zero attached hydrogens (tertiary/aromatic N) is 1. The SMILES string of the molecule is COCC(C)C(C)N1CCOCC1. The van der Waals surface area contributed by atoms with E-state index in [1.54, 1.807) is 7.11 Å². The Morgan fingerprint density at radius 1 is 1.31 bits per heavy atom. The molecule has 0 aromatic rings. The summed E-state index contributed by atoms with van der Waals surface area (Å²) in [4.78, 5) is 2.48. The van der Waals surface area contributed by atoms with Crippen molar-refractivity contribution in [2.75, 3.05) is 40.0 Å².